The first-order chi connectivity index (χ1) is 19.9. The summed E-state index contributed by atoms with van der Waals surface area (Å²) in [6.45, 7) is 16.4. The fourth-order valence-corrected chi connectivity index (χ4v) is 12.7. The van der Waals surface area contributed by atoms with Crippen LogP contribution in [-0.2, 0) is 9.53 Å². The lowest BCUT2D eigenvalue weighted by Crippen LogP contribution is -2.67. The summed E-state index contributed by atoms with van der Waals surface area (Å²) >= 11 is 0. The first-order valence-corrected chi connectivity index (χ1v) is 17.1. The van der Waals surface area contributed by atoms with Gasteiger partial charge in [-0.25, -0.2) is 0 Å². The average molecular weight is 603 g/mol. The second-order valence-corrected chi connectivity index (χ2v) is 17.9. The number of hydrogen-bond acceptors (Lipinski definition) is 6. The first-order valence-electron chi connectivity index (χ1n) is 17.1. The summed E-state index contributed by atoms with van der Waals surface area (Å²) in [5, 5.41) is 52.6. The second kappa shape index (κ2) is 10.0. The van der Waals surface area contributed by atoms with E-state index in [0.29, 0.717) is 11.8 Å². The topological polar surface area (TPSA) is 127 Å². The minimum Gasteiger partial charge on any atom is -0.481 e. The van der Waals surface area contributed by atoms with Crippen molar-refractivity contribution in [1.29, 1.82) is 0 Å². The Balaban J connectivity index is 1.34. The molecule has 0 bridgehead atoms. The van der Waals surface area contributed by atoms with E-state index in [2.05, 4.69) is 54.5 Å². The zero-order chi connectivity index (χ0) is 31.5. The SMILES string of the molecule is CC1(C)CC[C@]2(C(=O)O)CC[C@]3(C)C(=CCC4[C@@]5(C)CC[C@@H]([C@@H]6OC(CO)[C@H](O)C(O)C6O)C(C)(C)C5CC[C@]43C)C2C1. The molecule has 7 nitrogen and oxygen atoms in total. The Labute approximate surface area is 258 Å². The third kappa shape index (κ3) is 4.19. The van der Waals surface area contributed by atoms with Gasteiger partial charge in [0, 0.05) is 0 Å². The lowest BCUT2D eigenvalue weighted by Gasteiger charge is -2.71. The van der Waals surface area contributed by atoms with Gasteiger partial charge in [-0.3, -0.25) is 4.79 Å². The minimum absolute atomic E-state index is 0.0123. The van der Waals surface area contributed by atoms with Crippen LogP contribution in [0.2, 0.25) is 0 Å². The van der Waals surface area contributed by atoms with Crippen LogP contribution < -0.4 is 0 Å². The molecule has 5 aliphatic carbocycles. The van der Waals surface area contributed by atoms with Crippen LogP contribution in [0.3, 0.4) is 0 Å². The summed E-state index contributed by atoms with van der Waals surface area (Å²) in [4.78, 5) is 12.9. The maximum absolute atomic E-state index is 12.9. The van der Waals surface area contributed by atoms with Crippen LogP contribution in [0.5, 0.6) is 0 Å². The molecule has 13 atom stereocenters. The highest BCUT2D eigenvalue weighted by Gasteiger charge is 2.70. The molecular formula is C36H58O7. The number of aliphatic hydroxyl groups excluding tert-OH is 4. The Kier molecular flexibility index (Phi) is 7.44. The molecule has 7 heteroatoms. The maximum atomic E-state index is 12.9. The summed E-state index contributed by atoms with van der Waals surface area (Å²) in [6.07, 6.45) is 6.52. The molecule has 1 saturated heterocycles. The van der Waals surface area contributed by atoms with Crippen LogP contribution in [0.1, 0.15) is 113 Å². The van der Waals surface area contributed by atoms with Gasteiger partial charge in [0.2, 0.25) is 0 Å². The fourth-order valence-electron chi connectivity index (χ4n) is 12.7. The van der Waals surface area contributed by atoms with E-state index in [4.69, 9.17) is 4.74 Å². The molecule has 0 spiro atoms. The van der Waals surface area contributed by atoms with E-state index in [-0.39, 0.29) is 38.9 Å². The molecule has 1 heterocycles. The molecule has 6 unspecified atom stereocenters. The molecule has 5 N–H and O–H groups in total. The monoisotopic (exact) mass is 602 g/mol. The molecule has 0 aromatic heterocycles. The number of aliphatic carboxylic acids is 1. The normalized spacial score (nSPS) is 53.8. The summed E-state index contributed by atoms with van der Waals surface area (Å²) < 4.78 is 6.16. The molecule has 1 aliphatic heterocycles. The van der Waals surface area contributed by atoms with E-state index in [9.17, 15) is 30.3 Å². The van der Waals surface area contributed by atoms with Gasteiger partial charge in [-0.15, -0.1) is 0 Å². The number of ether oxygens (including phenoxy) is 1. The van der Waals surface area contributed by atoms with Crippen LogP contribution >= 0.6 is 0 Å². The predicted octanol–water partition coefficient (Wildman–Crippen LogP) is 5.33. The first kappa shape index (κ1) is 32.0. The molecule has 4 saturated carbocycles. The average Bonchev–Trinajstić information content (AvgIpc) is 2.92. The number of rotatable bonds is 3. The van der Waals surface area contributed by atoms with Crippen molar-refractivity contribution in [2.24, 2.45) is 56.2 Å². The Morgan fingerprint density at radius 3 is 2.19 bits per heavy atom. The van der Waals surface area contributed by atoms with Crippen molar-refractivity contribution in [2.75, 3.05) is 6.61 Å². The van der Waals surface area contributed by atoms with E-state index in [1.807, 2.05) is 0 Å². The lowest BCUT2D eigenvalue weighted by molar-refractivity contribution is -0.269. The molecule has 43 heavy (non-hydrogen) atoms. The highest BCUT2D eigenvalue weighted by atomic mass is 16.5. The van der Waals surface area contributed by atoms with Gasteiger partial charge in [-0.1, -0.05) is 60.1 Å². The second-order valence-electron chi connectivity index (χ2n) is 17.9. The summed E-state index contributed by atoms with van der Waals surface area (Å²) in [6, 6.07) is 0. The van der Waals surface area contributed by atoms with Gasteiger partial charge in [-0.05, 0) is 115 Å². The highest BCUT2D eigenvalue weighted by molar-refractivity contribution is 5.76. The van der Waals surface area contributed by atoms with Crippen molar-refractivity contribution in [2.45, 2.75) is 143 Å². The Bertz CT molecular complexity index is 1160. The van der Waals surface area contributed by atoms with Crippen molar-refractivity contribution in [3.05, 3.63) is 11.6 Å². The van der Waals surface area contributed by atoms with Gasteiger partial charge in [0.15, 0.2) is 0 Å². The Morgan fingerprint density at radius 2 is 1.53 bits per heavy atom. The number of allylic oxidation sites excluding steroid dienone is 2. The van der Waals surface area contributed by atoms with Crippen LogP contribution in [0.25, 0.3) is 0 Å². The summed E-state index contributed by atoms with van der Waals surface area (Å²) in [5.41, 5.74) is 0.891. The maximum Gasteiger partial charge on any atom is 0.310 e. The van der Waals surface area contributed by atoms with Crippen molar-refractivity contribution < 1.29 is 35.1 Å². The van der Waals surface area contributed by atoms with Gasteiger partial charge in [0.1, 0.15) is 24.4 Å². The van der Waals surface area contributed by atoms with E-state index < -0.39 is 48.5 Å². The number of carboxylic acid groups (broad SMARTS) is 1. The smallest absolute Gasteiger partial charge is 0.310 e. The van der Waals surface area contributed by atoms with Gasteiger partial charge in [0.05, 0.1) is 18.1 Å². The zero-order valence-electron chi connectivity index (χ0n) is 27.6. The van der Waals surface area contributed by atoms with Gasteiger partial charge in [0.25, 0.3) is 0 Å². The van der Waals surface area contributed by atoms with Crippen LogP contribution in [0.4, 0.5) is 0 Å². The highest BCUT2D eigenvalue weighted by Crippen LogP contribution is 2.76. The molecule has 0 aromatic carbocycles. The van der Waals surface area contributed by atoms with Crippen LogP contribution in [-0.4, -0.2) is 68.6 Å². The third-order valence-electron chi connectivity index (χ3n) is 15.5. The molecule has 5 fully saturated rings. The molecule has 6 rings (SSSR count). The Hall–Kier alpha value is -0.990. The largest absolute Gasteiger partial charge is 0.481 e. The van der Waals surface area contributed by atoms with Crippen LogP contribution in [0.15, 0.2) is 11.6 Å². The van der Waals surface area contributed by atoms with Crippen molar-refractivity contribution >= 4 is 5.97 Å². The molecule has 0 aromatic rings. The fraction of sp³-hybridized carbons (Fsp3) is 0.917. The van der Waals surface area contributed by atoms with Crippen molar-refractivity contribution in [3.8, 4) is 0 Å². The van der Waals surface area contributed by atoms with Crippen LogP contribution in [0, 0.1) is 56.2 Å². The zero-order valence-corrected chi connectivity index (χ0v) is 27.6. The predicted molar refractivity (Wildman–Crippen MR) is 164 cm³/mol. The summed E-state index contributed by atoms with van der Waals surface area (Å²) in [7, 11) is 0. The van der Waals surface area contributed by atoms with Gasteiger partial charge >= 0.3 is 5.97 Å². The number of carboxylic acids is 1. The standard InChI is InChI=1S/C36H58O7/c1-31(2)14-16-36(30(41)42)17-15-34(6)20(22(36)18-31)8-9-25-33(5)12-10-21(32(3,4)24(33)11-13-35(25,34)7)29-28(40)27(39)26(38)23(19-37)43-29/h8,21-29,37-40H,9-19H2,1-7H3,(H,41,42)/t21-,22?,23?,24?,25?,26-,27?,28?,29-,33-,34+,35+,36-/m0/s1. The molecule has 0 amide bonds. The Morgan fingerprint density at radius 1 is 0.860 bits per heavy atom. The molecular weight excluding hydrogens is 544 g/mol. The van der Waals surface area contributed by atoms with E-state index in [0.717, 1.165) is 64.2 Å². The summed E-state index contributed by atoms with van der Waals surface area (Å²) in [5.74, 6) is 0.359. The number of fused-ring (bicyclic) bond motifs is 7. The molecule has 6 aliphatic rings. The number of aliphatic hydroxyl groups is 4. The van der Waals surface area contributed by atoms with Crippen molar-refractivity contribution in [3.63, 3.8) is 0 Å². The molecule has 244 valence electrons. The minimum atomic E-state index is -1.34. The third-order valence-corrected chi connectivity index (χ3v) is 15.5. The van der Waals surface area contributed by atoms with Crippen molar-refractivity contribution in [1.82, 2.24) is 0 Å². The van der Waals surface area contributed by atoms with Gasteiger partial charge < -0.3 is 30.3 Å². The van der Waals surface area contributed by atoms with Gasteiger partial charge in [-0.2, -0.15) is 0 Å². The number of hydrogen-bond donors (Lipinski definition) is 5. The molecule has 0 radical (unpaired) electrons. The van der Waals surface area contributed by atoms with E-state index in [1.165, 1.54) is 5.57 Å². The lowest BCUT2D eigenvalue weighted by atomic mass is 9.33. The quantitative estimate of drug-likeness (QED) is 0.276. The van der Waals surface area contributed by atoms with E-state index >= 15 is 0 Å². The number of carbonyl (C=O) groups is 1. The van der Waals surface area contributed by atoms with E-state index in [1.54, 1.807) is 0 Å².